The fourth-order valence-electron chi connectivity index (χ4n) is 1.18. The Morgan fingerprint density at radius 1 is 1.62 bits per heavy atom. The lowest BCUT2D eigenvalue weighted by molar-refractivity contribution is -0.116. The van der Waals surface area contributed by atoms with E-state index in [0.717, 1.165) is 0 Å². The van der Waals surface area contributed by atoms with Crippen molar-refractivity contribution < 1.29 is 13.2 Å². The maximum Gasteiger partial charge on any atom is 0.243 e. The average molecular weight is 246 g/mol. The second-order valence-corrected chi connectivity index (χ2v) is 4.89. The Morgan fingerprint density at radius 2 is 2.25 bits per heavy atom. The summed E-state index contributed by atoms with van der Waals surface area (Å²) in [5.41, 5.74) is 0. The summed E-state index contributed by atoms with van der Waals surface area (Å²) < 4.78 is 23.6. The molecule has 1 aromatic rings. The van der Waals surface area contributed by atoms with Gasteiger partial charge in [0.2, 0.25) is 15.9 Å². The molecule has 1 amide bonds. The first-order valence-electron chi connectivity index (χ1n) is 4.71. The highest BCUT2D eigenvalue weighted by Gasteiger charge is 2.19. The van der Waals surface area contributed by atoms with E-state index < -0.39 is 10.0 Å². The van der Waals surface area contributed by atoms with Gasteiger partial charge in [0.05, 0.1) is 0 Å². The van der Waals surface area contributed by atoms with Gasteiger partial charge in [-0.3, -0.25) is 9.48 Å². The fourth-order valence-corrected chi connectivity index (χ4v) is 1.84. The molecule has 16 heavy (non-hydrogen) atoms. The molecule has 0 saturated heterocycles. The molecule has 0 radical (unpaired) electrons. The summed E-state index contributed by atoms with van der Waals surface area (Å²) >= 11 is 0. The number of nitrogens with two attached hydrogens (primary N) is 1. The fraction of sp³-hybridized carbons (Fsp3) is 0.500. The Bertz CT molecular complexity index is 491. The van der Waals surface area contributed by atoms with Gasteiger partial charge in [-0.15, -0.1) is 0 Å². The highest BCUT2D eigenvalue weighted by Crippen LogP contribution is 2.17. The summed E-state index contributed by atoms with van der Waals surface area (Å²) in [6, 6.07) is 0. The number of nitrogens with one attached hydrogen (secondary N) is 1. The maximum atomic E-state index is 11.3. The lowest BCUT2D eigenvalue weighted by Crippen LogP contribution is -2.17. The molecule has 0 aromatic carbocycles. The van der Waals surface area contributed by atoms with E-state index in [1.54, 1.807) is 7.05 Å². The lowest BCUT2D eigenvalue weighted by atomic mass is 10.3. The minimum absolute atomic E-state index is 0.0246. The number of anilines is 1. The van der Waals surface area contributed by atoms with Gasteiger partial charge >= 0.3 is 0 Å². The van der Waals surface area contributed by atoms with E-state index in [0.29, 0.717) is 12.8 Å². The molecule has 0 fully saturated rings. The third-order valence-corrected chi connectivity index (χ3v) is 2.75. The standard InChI is InChI=1S/C8H14N4O3S/c1-3-4-7(13)10-8-6(16(9,14)15)5-12(2)11-8/h5H,3-4H2,1-2H3,(H2,9,14,15)(H,10,11,13). The average Bonchev–Trinajstić information content (AvgIpc) is 2.46. The van der Waals surface area contributed by atoms with Crippen molar-refractivity contribution in [3.05, 3.63) is 6.20 Å². The molecular formula is C8H14N4O3S. The van der Waals surface area contributed by atoms with Gasteiger partial charge in [-0.25, -0.2) is 13.6 Å². The molecule has 7 nitrogen and oxygen atoms in total. The van der Waals surface area contributed by atoms with E-state index in [1.807, 2.05) is 6.92 Å². The third-order valence-electron chi connectivity index (χ3n) is 1.84. The van der Waals surface area contributed by atoms with Gasteiger partial charge in [0.1, 0.15) is 4.90 Å². The molecule has 0 unspecified atom stereocenters. The molecule has 0 aliphatic carbocycles. The second-order valence-electron chi connectivity index (χ2n) is 3.36. The number of hydrogen-bond donors (Lipinski definition) is 2. The van der Waals surface area contributed by atoms with E-state index in [2.05, 4.69) is 10.4 Å². The number of hydrogen-bond acceptors (Lipinski definition) is 4. The van der Waals surface area contributed by atoms with Crippen LogP contribution in [0.4, 0.5) is 5.82 Å². The normalized spacial score (nSPS) is 11.4. The van der Waals surface area contributed by atoms with Crippen LogP contribution in [0.1, 0.15) is 19.8 Å². The molecule has 0 aliphatic rings. The second kappa shape index (κ2) is 4.62. The summed E-state index contributed by atoms with van der Waals surface area (Å²) in [6.45, 7) is 1.85. The van der Waals surface area contributed by atoms with Gasteiger partial charge in [0.15, 0.2) is 5.82 Å². The molecule has 1 heterocycles. The highest BCUT2D eigenvalue weighted by molar-refractivity contribution is 7.89. The van der Waals surface area contributed by atoms with Crippen LogP contribution in [-0.2, 0) is 21.9 Å². The largest absolute Gasteiger partial charge is 0.308 e. The van der Waals surface area contributed by atoms with Gasteiger partial charge in [-0.05, 0) is 6.42 Å². The third kappa shape index (κ3) is 3.04. The number of carbonyl (C=O) groups excluding carboxylic acids is 1. The van der Waals surface area contributed by atoms with Crippen LogP contribution in [0, 0.1) is 0 Å². The Balaban J connectivity index is 3.01. The molecule has 1 aromatic heterocycles. The Hall–Kier alpha value is -1.41. The SMILES string of the molecule is CCCC(=O)Nc1nn(C)cc1S(N)(=O)=O. The van der Waals surface area contributed by atoms with Crippen molar-refractivity contribution in [2.45, 2.75) is 24.7 Å². The van der Waals surface area contributed by atoms with Crippen molar-refractivity contribution in [2.24, 2.45) is 12.2 Å². The van der Waals surface area contributed by atoms with Crippen LogP contribution in [0.3, 0.4) is 0 Å². The molecule has 0 atom stereocenters. The number of rotatable bonds is 4. The number of primary sulfonamides is 1. The van der Waals surface area contributed by atoms with Crippen LogP contribution in [0.2, 0.25) is 0 Å². The summed E-state index contributed by atoms with van der Waals surface area (Å²) in [7, 11) is -2.33. The van der Waals surface area contributed by atoms with Crippen LogP contribution < -0.4 is 10.5 Å². The Labute approximate surface area is 93.7 Å². The predicted octanol–water partition coefficient (Wildman–Crippen LogP) is -0.194. The Kier molecular flexibility index (Phi) is 3.66. The van der Waals surface area contributed by atoms with E-state index in [4.69, 9.17) is 5.14 Å². The number of nitrogens with zero attached hydrogens (tertiary/aromatic N) is 2. The maximum absolute atomic E-state index is 11.3. The minimum Gasteiger partial charge on any atom is -0.308 e. The van der Waals surface area contributed by atoms with Gasteiger partial charge in [-0.2, -0.15) is 5.10 Å². The number of amides is 1. The van der Waals surface area contributed by atoms with Crippen molar-refractivity contribution in [3.63, 3.8) is 0 Å². The zero-order valence-corrected chi connectivity index (χ0v) is 9.91. The summed E-state index contributed by atoms with van der Waals surface area (Å²) in [6.07, 6.45) is 2.22. The van der Waals surface area contributed by atoms with Crippen molar-refractivity contribution in [1.29, 1.82) is 0 Å². The molecule has 0 saturated carbocycles. The van der Waals surface area contributed by atoms with E-state index in [1.165, 1.54) is 10.9 Å². The molecular weight excluding hydrogens is 232 g/mol. The highest BCUT2D eigenvalue weighted by atomic mass is 32.2. The minimum atomic E-state index is -3.87. The summed E-state index contributed by atoms with van der Waals surface area (Å²) in [5, 5.41) is 11.2. The monoisotopic (exact) mass is 246 g/mol. The van der Waals surface area contributed by atoms with Crippen LogP contribution >= 0.6 is 0 Å². The van der Waals surface area contributed by atoms with Gasteiger partial charge < -0.3 is 5.32 Å². The topological polar surface area (TPSA) is 107 Å². The predicted molar refractivity (Wildman–Crippen MR) is 58.1 cm³/mol. The number of aromatic nitrogens is 2. The number of aryl methyl sites for hydroxylation is 1. The number of sulfonamides is 1. The van der Waals surface area contributed by atoms with Crippen molar-refractivity contribution in [3.8, 4) is 0 Å². The van der Waals surface area contributed by atoms with E-state index in [9.17, 15) is 13.2 Å². The first-order valence-corrected chi connectivity index (χ1v) is 6.25. The molecule has 3 N–H and O–H groups in total. The van der Waals surface area contributed by atoms with Gasteiger partial charge in [0.25, 0.3) is 0 Å². The van der Waals surface area contributed by atoms with E-state index >= 15 is 0 Å². The zero-order valence-electron chi connectivity index (χ0n) is 9.10. The molecule has 1 rings (SSSR count). The molecule has 8 heteroatoms. The smallest absolute Gasteiger partial charge is 0.243 e. The first-order chi connectivity index (χ1) is 7.34. The first kappa shape index (κ1) is 12.7. The van der Waals surface area contributed by atoms with Gasteiger partial charge in [-0.1, -0.05) is 6.92 Å². The summed E-state index contributed by atoms with van der Waals surface area (Å²) in [5.74, 6) is -0.311. The van der Waals surface area contributed by atoms with Gasteiger partial charge in [0, 0.05) is 19.7 Å². The molecule has 0 spiro atoms. The van der Waals surface area contributed by atoms with Crippen LogP contribution in [0.15, 0.2) is 11.1 Å². The Morgan fingerprint density at radius 3 is 2.75 bits per heavy atom. The van der Waals surface area contributed by atoms with Crippen molar-refractivity contribution in [1.82, 2.24) is 9.78 Å². The van der Waals surface area contributed by atoms with Crippen LogP contribution in [-0.4, -0.2) is 24.1 Å². The quantitative estimate of drug-likeness (QED) is 0.767. The lowest BCUT2D eigenvalue weighted by Gasteiger charge is -2.01. The van der Waals surface area contributed by atoms with Crippen molar-refractivity contribution in [2.75, 3.05) is 5.32 Å². The summed E-state index contributed by atoms with van der Waals surface area (Å²) in [4.78, 5) is 11.1. The molecule has 0 bridgehead atoms. The van der Waals surface area contributed by atoms with E-state index in [-0.39, 0.29) is 16.6 Å². The zero-order chi connectivity index (χ0) is 12.3. The molecule has 90 valence electrons. The molecule has 0 aliphatic heterocycles. The van der Waals surface area contributed by atoms with Crippen LogP contribution in [0.25, 0.3) is 0 Å². The van der Waals surface area contributed by atoms with Crippen molar-refractivity contribution >= 4 is 21.7 Å². The number of carbonyl (C=O) groups is 1. The van der Waals surface area contributed by atoms with Crippen LogP contribution in [0.5, 0.6) is 0 Å².